The molecule has 0 spiro atoms. The molecule has 2 heterocycles. The molecule has 21 heavy (non-hydrogen) atoms. The molecular weight excluding hydrogens is 268 g/mol. The molecule has 1 unspecified atom stereocenters. The van der Waals surface area contributed by atoms with E-state index in [1.807, 2.05) is 24.3 Å². The molecule has 2 amide bonds. The lowest BCUT2D eigenvalue weighted by atomic mass is 9.95. The van der Waals surface area contributed by atoms with E-state index in [0.717, 1.165) is 11.3 Å². The summed E-state index contributed by atoms with van der Waals surface area (Å²) in [6.07, 6.45) is 2.89. The number of fused-ring (bicyclic) bond motifs is 1. The molecule has 1 aliphatic heterocycles. The minimum Gasteiger partial charge on any atom is -0.354 e. The zero-order valence-electron chi connectivity index (χ0n) is 11.4. The summed E-state index contributed by atoms with van der Waals surface area (Å²) in [7, 11) is 0. The van der Waals surface area contributed by atoms with Gasteiger partial charge in [0.2, 0.25) is 5.91 Å². The van der Waals surface area contributed by atoms with Crippen LogP contribution in [0.15, 0.2) is 36.5 Å². The van der Waals surface area contributed by atoms with E-state index in [-0.39, 0.29) is 11.8 Å². The number of nitrogens with one attached hydrogen (secondary N) is 3. The highest BCUT2D eigenvalue weighted by molar-refractivity contribution is 6.00. The highest BCUT2D eigenvalue weighted by Gasteiger charge is 2.28. The van der Waals surface area contributed by atoms with Crippen molar-refractivity contribution >= 4 is 11.8 Å². The maximum absolute atomic E-state index is 12.1. The largest absolute Gasteiger partial charge is 0.354 e. The molecule has 3 rings (SSSR count). The van der Waals surface area contributed by atoms with E-state index >= 15 is 0 Å². The molecule has 6 nitrogen and oxygen atoms in total. The van der Waals surface area contributed by atoms with Crippen LogP contribution in [0.1, 0.15) is 21.6 Å². The first-order chi connectivity index (χ1) is 10.2. The molecule has 0 bridgehead atoms. The van der Waals surface area contributed by atoms with Gasteiger partial charge < -0.3 is 10.6 Å². The molecule has 1 aromatic heterocycles. The second-order valence-corrected chi connectivity index (χ2v) is 5.01. The van der Waals surface area contributed by atoms with Crippen LogP contribution >= 0.6 is 0 Å². The number of benzene rings is 1. The summed E-state index contributed by atoms with van der Waals surface area (Å²) >= 11 is 0. The molecular formula is C15H16N4O2. The Labute approximate surface area is 121 Å². The zero-order valence-corrected chi connectivity index (χ0v) is 11.4. The molecule has 0 aliphatic carbocycles. The second kappa shape index (κ2) is 5.78. The number of aromatic nitrogens is 2. The van der Waals surface area contributed by atoms with Crippen LogP contribution in [-0.2, 0) is 17.6 Å². The van der Waals surface area contributed by atoms with Gasteiger partial charge >= 0.3 is 0 Å². The van der Waals surface area contributed by atoms with E-state index in [1.165, 1.54) is 0 Å². The number of hydrogen-bond acceptors (Lipinski definition) is 3. The fraction of sp³-hybridized carbons (Fsp3) is 0.267. The Bertz CT molecular complexity index is 651. The quantitative estimate of drug-likeness (QED) is 0.760. The number of aromatic amines is 1. The summed E-state index contributed by atoms with van der Waals surface area (Å²) in [4.78, 5) is 24.1. The van der Waals surface area contributed by atoms with Crippen LogP contribution in [-0.4, -0.2) is 34.6 Å². The van der Waals surface area contributed by atoms with Crippen molar-refractivity contribution in [3.8, 4) is 0 Å². The van der Waals surface area contributed by atoms with E-state index in [2.05, 4.69) is 20.8 Å². The summed E-state index contributed by atoms with van der Waals surface area (Å²) in [5.74, 6) is -0.345. The molecule has 0 fully saturated rings. The first-order valence-electron chi connectivity index (χ1n) is 6.89. The van der Waals surface area contributed by atoms with Crippen molar-refractivity contribution in [2.24, 2.45) is 0 Å². The Morgan fingerprint density at radius 3 is 3.00 bits per heavy atom. The van der Waals surface area contributed by atoms with E-state index in [9.17, 15) is 9.59 Å². The van der Waals surface area contributed by atoms with Crippen LogP contribution < -0.4 is 10.6 Å². The van der Waals surface area contributed by atoms with Gasteiger partial charge in [0.15, 0.2) is 0 Å². The number of nitrogens with zero attached hydrogens (tertiary/aromatic N) is 1. The monoisotopic (exact) mass is 284 g/mol. The summed E-state index contributed by atoms with van der Waals surface area (Å²) < 4.78 is 0. The number of hydrogen-bond donors (Lipinski definition) is 3. The Morgan fingerprint density at radius 1 is 1.33 bits per heavy atom. The predicted octanol–water partition coefficient (Wildman–Crippen LogP) is 0.423. The number of carbonyl (C=O) groups is 2. The van der Waals surface area contributed by atoms with Crippen molar-refractivity contribution < 1.29 is 9.59 Å². The minimum atomic E-state index is -0.505. The average Bonchev–Trinajstić information content (AvgIpc) is 3.00. The fourth-order valence-corrected chi connectivity index (χ4v) is 2.45. The average molecular weight is 284 g/mol. The van der Waals surface area contributed by atoms with Gasteiger partial charge in [-0.2, -0.15) is 5.10 Å². The van der Waals surface area contributed by atoms with Gasteiger partial charge in [0.05, 0.1) is 0 Å². The maximum Gasteiger partial charge on any atom is 0.252 e. The Hall–Kier alpha value is -2.63. The SMILES string of the molecule is O=C1NC(C(=O)NCCc2ccn[nH]2)Cc2ccccc21. The van der Waals surface area contributed by atoms with Gasteiger partial charge in [0.25, 0.3) is 5.91 Å². The highest BCUT2D eigenvalue weighted by Crippen LogP contribution is 2.16. The molecule has 1 aromatic carbocycles. The fourth-order valence-electron chi connectivity index (χ4n) is 2.45. The van der Waals surface area contributed by atoms with Gasteiger partial charge in [-0.05, 0) is 17.7 Å². The first kappa shape index (κ1) is 13.4. The van der Waals surface area contributed by atoms with Crippen LogP contribution in [0.4, 0.5) is 0 Å². The molecule has 0 saturated heterocycles. The van der Waals surface area contributed by atoms with Crippen LogP contribution in [0.25, 0.3) is 0 Å². The summed E-state index contributed by atoms with van der Waals surface area (Å²) in [6, 6.07) is 8.73. The van der Waals surface area contributed by atoms with Crippen molar-refractivity contribution in [3.63, 3.8) is 0 Å². The molecule has 3 N–H and O–H groups in total. The van der Waals surface area contributed by atoms with Gasteiger partial charge in [-0.15, -0.1) is 0 Å². The molecule has 108 valence electrons. The number of carbonyl (C=O) groups excluding carboxylic acids is 2. The van der Waals surface area contributed by atoms with Crippen LogP contribution in [0.3, 0.4) is 0 Å². The van der Waals surface area contributed by atoms with E-state index in [4.69, 9.17) is 0 Å². The molecule has 6 heteroatoms. The number of rotatable bonds is 4. The highest BCUT2D eigenvalue weighted by atomic mass is 16.2. The third-order valence-corrected chi connectivity index (χ3v) is 3.56. The van der Waals surface area contributed by atoms with Gasteiger partial charge in [-0.1, -0.05) is 18.2 Å². The topological polar surface area (TPSA) is 86.9 Å². The smallest absolute Gasteiger partial charge is 0.252 e. The van der Waals surface area contributed by atoms with Crippen molar-refractivity contribution in [1.82, 2.24) is 20.8 Å². The van der Waals surface area contributed by atoms with Crippen molar-refractivity contribution in [1.29, 1.82) is 0 Å². The van der Waals surface area contributed by atoms with Gasteiger partial charge in [-0.25, -0.2) is 0 Å². The molecule has 1 aliphatic rings. The lowest BCUT2D eigenvalue weighted by molar-refractivity contribution is -0.123. The summed E-state index contributed by atoms with van der Waals surface area (Å²) in [6.45, 7) is 0.509. The Kier molecular flexibility index (Phi) is 3.68. The molecule has 0 saturated carbocycles. The number of amides is 2. The van der Waals surface area contributed by atoms with Crippen LogP contribution in [0, 0.1) is 0 Å². The van der Waals surface area contributed by atoms with Crippen molar-refractivity contribution in [2.75, 3.05) is 6.54 Å². The van der Waals surface area contributed by atoms with E-state index < -0.39 is 6.04 Å². The Balaban J connectivity index is 1.58. The minimum absolute atomic E-state index is 0.155. The van der Waals surface area contributed by atoms with Gasteiger partial charge in [0.1, 0.15) is 6.04 Å². The Morgan fingerprint density at radius 2 is 2.19 bits per heavy atom. The van der Waals surface area contributed by atoms with Crippen molar-refractivity contribution in [2.45, 2.75) is 18.9 Å². The molecule has 1 atom stereocenters. The maximum atomic E-state index is 12.1. The normalized spacial score (nSPS) is 17.0. The lowest BCUT2D eigenvalue weighted by Gasteiger charge is -2.24. The van der Waals surface area contributed by atoms with Crippen LogP contribution in [0.2, 0.25) is 0 Å². The zero-order chi connectivity index (χ0) is 14.7. The second-order valence-electron chi connectivity index (χ2n) is 5.01. The lowest BCUT2D eigenvalue weighted by Crippen LogP contribution is -2.51. The summed E-state index contributed by atoms with van der Waals surface area (Å²) in [5, 5.41) is 12.3. The van der Waals surface area contributed by atoms with E-state index in [0.29, 0.717) is 24.9 Å². The van der Waals surface area contributed by atoms with Gasteiger partial charge in [0, 0.05) is 36.8 Å². The third-order valence-electron chi connectivity index (χ3n) is 3.56. The molecule has 2 aromatic rings. The van der Waals surface area contributed by atoms with Gasteiger partial charge in [-0.3, -0.25) is 14.7 Å². The third kappa shape index (κ3) is 2.94. The molecule has 0 radical (unpaired) electrons. The van der Waals surface area contributed by atoms with Crippen LogP contribution in [0.5, 0.6) is 0 Å². The summed E-state index contributed by atoms with van der Waals surface area (Å²) in [5.41, 5.74) is 2.53. The standard InChI is InChI=1S/C15H16N4O2/c20-14-12-4-2-1-3-10(12)9-13(18-14)15(21)16-7-5-11-6-8-17-19-11/h1-4,6,8,13H,5,7,9H2,(H,16,21)(H,17,19)(H,18,20). The van der Waals surface area contributed by atoms with E-state index in [1.54, 1.807) is 12.3 Å². The van der Waals surface area contributed by atoms with Crippen molar-refractivity contribution in [3.05, 3.63) is 53.3 Å². The number of H-pyrrole nitrogens is 1. The predicted molar refractivity (Wildman–Crippen MR) is 76.7 cm³/mol. The first-order valence-corrected chi connectivity index (χ1v) is 6.89.